The fourth-order valence-corrected chi connectivity index (χ4v) is 13.6. The van der Waals surface area contributed by atoms with Gasteiger partial charge in [0.2, 0.25) is 0 Å². The molecule has 0 aliphatic carbocycles. The van der Waals surface area contributed by atoms with Gasteiger partial charge in [0.05, 0.1) is 66.7 Å². The highest BCUT2D eigenvalue weighted by molar-refractivity contribution is 14.1. The molecular weight excluding hydrogens is 1950 g/mol. The molecule has 4 amide bonds. The third-order valence-electron chi connectivity index (χ3n) is 15.9. The number of hydrogen-bond acceptors (Lipinski definition) is 13. The number of rotatable bonds is 24. The van der Waals surface area contributed by atoms with Crippen molar-refractivity contribution in [1.82, 2.24) is 31.2 Å². The fraction of sp³-hybridized carbons (Fsp3) is 0.240. The van der Waals surface area contributed by atoms with Gasteiger partial charge in [-0.3, -0.25) is 24.2 Å². The monoisotopic (exact) mass is 2020 g/mol. The highest BCUT2D eigenvalue weighted by Crippen LogP contribution is 2.36. The lowest BCUT2D eigenvalue weighted by Gasteiger charge is -2.18. The lowest BCUT2D eigenvalue weighted by Crippen LogP contribution is -2.34. The Hall–Kier alpha value is -6.78. The highest BCUT2D eigenvalue weighted by atomic mass is 127. The minimum atomic E-state index is -1.11. The largest absolute Gasteiger partial charge is 0.396 e. The topological polar surface area (TPSA) is 241 Å². The number of amides is 4. The number of hydrogen-bond donors (Lipinski definition) is 11. The zero-order valence-corrected chi connectivity index (χ0v) is 68.6. The number of carbonyl (C=O) groups is 4. The van der Waals surface area contributed by atoms with E-state index in [4.69, 9.17) is 10.2 Å². The number of carbonyl (C=O) groups excluding carboxylic acids is 4. The first kappa shape index (κ1) is 85.5. The molecule has 0 radical (unpaired) electrons. The molecule has 556 valence electrons. The lowest BCUT2D eigenvalue weighted by atomic mass is 10.1. The van der Waals surface area contributed by atoms with E-state index in [-0.39, 0.29) is 68.0 Å². The first-order valence-corrected chi connectivity index (χ1v) is 38.4. The van der Waals surface area contributed by atoms with Gasteiger partial charge in [0, 0.05) is 88.8 Å². The van der Waals surface area contributed by atoms with Crippen LogP contribution in [0.3, 0.4) is 0 Å². The summed E-state index contributed by atoms with van der Waals surface area (Å²) in [4.78, 5) is 56.1. The van der Waals surface area contributed by atoms with Gasteiger partial charge in [-0.25, -0.2) is 30.7 Å². The molecule has 1 aliphatic rings. The fourth-order valence-electron chi connectivity index (χ4n) is 10.2. The summed E-state index contributed by atoms with van der Waals surface area (Å²) in [6.07, 6.45) is 5.64. The maximum absolute atomic E-state index is 14.7. The van der Waals surface area contributed by atoms with Gasteiger partial charge >= 0.3 is 0 Å². The molecule has 8 aromatic carbocycles. The number of aromatic nitrogens is 1. The first-order chi connectivity index (χ1) is 50.1. The van der Waals surface area contributed by atoms with Crippen LogP contribution in [0.25, 0.3) is 0 Å². The van der Waals surface area contributed by atoms with Gasteiger partial charge in [0.25, 0.3) is 23.6 Å². The average Bonchev–Trinajstić information content (AvgIpc) is 0.976. The van der Waals surface area contributed by atoms with E-state index in [1.165, 1.54) is 49.2 Å². The van der Waals surface area contributed by atoms with E-state index >= 15 is 0 Å². The van der Waals surface area contributed by atoms with E-state index in [1.54, 1.807) is 30.6 Å². The quantitative estimate of drug-likeness (QED) is 0.0117. The molecule has 0 saturated carbocycles. The summed E-state index contributed by atoms with van der Waals surface area (Å²) in [6.45, 7) is 10.7. The number of likely N-dealkylation sites (tertiary alicyclic amines) is 1. The van der Waals surface area contributed by atoms with E-state index in [9.17, 15) is 55.0 Å². The van der Waals surface area contributed by atoms with Gasteiger partial charge in [-0.1, -0.05) is 0 Å². The highest BCUT2D eigenvalue weighted by Gasteiger charge is 2.26. The van der Waals surface area contributed by atoms with Crippen molar-refractivity contribution in [2.24, 2.45) is 0 Å². The lowest BCUT2D eigenvalue weighted by molar-refractivity contribution is 0.0802. The van der Waals surface area contributed by atoms with Crippen LogP contribution in [0.2, 0.25) is 0 Å². The van der Waals surface area contributed by atoms with Crippen LogP contribution in [-0.4, -0.2) is 114 Å². The molecule has 30 heteroatoms. The molecule has 1 unspecified atom stereocenters. The van der Waals surface area contributed by atoms with Crippen LogP contribution in [0.4, 0.5) is 76.2 Å². The van der Waals surface area contributed by atoms with Crippen LogP contribution in [0.1, 0.15) is 88.5 Å². The third-order valence-corrected chi connectivity index (χ3v) is 19.7. The Bertz CT molecular complexity index is 4560. The van der Waals surface area contributed by atoms with Crippen LogP contribution in [-0.2, 0) is 6.42 Å². The molecule has 1 saturated heterocycles. The van der Waals surface area contributed by atoms with Crippen molar-refractivity contribution in [1.29, 1.82) is 0 Å². The summed E-state index contributed by atoms with van der Waals surface area (Å²) in [5, 5.41) is 49.2. The number of pyridine rings is 1. The van der Waals surface area contributed by atoms with Gasteiger partial charge in [-0.15, -0.1) is 0 Å². The van der Waals surface area contributed by atoms with Crippen molar-refractivity contribution in [2.45, 2.75) is 59.5 Å². The van der Waals surface area contributed by atoms with Crippen LogP contribution in [0.15, 0.2) is 149 Å². The molecule has 0 spiro atoms. The Labute approximate surface area is 674 Å². The zero-order valence-electron chi connectivity index (χ0n) is 56.8. The van der Waals surface area contributed by atoms with Gasteiger partial charge in [0.1, 0.15) is 5.82 Å². The molecule has 1 atom stereocenters. The molecule has 1 fully saturated rings. The van der Waals surface area contributed by atoms with Crippen molar-refractivity contribution >= 4 is 191 Å². The molecule has 0 bridgehead atoms. The first-order valence-electron chi connectivity index (χ1n) is 32.5. The smallest absolute Gasteiger partial charge is 0.253 e. The Kier molecular flexibility index (Phi) is 34.3. The Balaban J connectivity index is 0.000000196. The predicted molar refractivity (Wildman–Crippen MR) is 437 cm³/mol. The van der Waals surface area contributed by atoms with Gasteiger partial charge in [-0.05, 0) is 344 Å². The molecule has 2 heterocycles. The van der Waals surface area contributed by atoms with Crippen LogP contribution in [0, 0.1) is 82.7 Å². The summed E-state index contributed by atoms with van der Waals surface area (Å²) in [5.41, 5.74) is 7.21. The number of aliphatic hydroxyl groups is 3. The van der Waals surface area contributed by atoms with Crippen molar-refractivity contribution in [3.05, 3.63) is 254 Å². The number of anilines is 8. The SMILES string of the molecule is Cc1cc(I)ccc1Nc1c(C(=O)NCCCO)ccc(F)c1F.Cc1cc(I)ccc1Nc1c(C(=O)NCCN2CCCC2)cc(Br)c(F)c1F.Cc1cc(I)ccc1Nc1c(C(=O)NCCc2ccncc2)cc(Br)c(F)c1F.Cc1cc(I)ccc1Nc1cc(F)ccc1C(=O)NCC(O)CO. The van der Waals surface area contributed by atoms with Crippen LogP contribution in [0.5, 0.6) is 0 Å². The van der Waals surface area contributed by atoms with E-state index < -0.39 is 77.1 Å². The number of benzene rings is 8. The number of aliphatic hydroxyl groups excluding tert-OH is 3. The van der Waals surface area contributed by atoms with Crippen molar-refractivity contribution in [3.8, 4) is 0 Å². The molecule has 1 aromatic heterocycles. The maximum Gasteiger partial charge on any atom is 0.253 e. The van der Waals surface area contributed by atoms with Gasteiger partial charge < -0.3 is 62.8 Å². The molecule has 10 rings (SSSR count). The van der Waals surface area contributed by atoms with Gasteiger partial charge in [0.15, 0.2) is 34.9 Å². The summed E-state index contributed by atoms with van der Waals surface area (Å²) >= 11 is 14.7. The normalized spacial score (nSPS) is 11.9. The molecular formula is C75H73Br2F7I4N10O7. The predicted octanol–water partition coefficient (Wildman–Crippen LogP) is 17.3. The zero-order chi connectivity index (χ0) is 76.6. The molecule has 17 nitrogen and oxygen atoms in total. The number of nitrogens with zero attached hydrogens (tertiary/aromatic N) is 2. The molecule has 11 N–H and O–H groups in total. The number of aryl methyl sites for hydroxylation is 4. The van der Waals surface area contributed by atoms with E-state index in [0.29, 0.717) is 48.7 Å². The van der Waals surface area contributed by atoms with Gasteiger partial charge in [-0.2, -0.15) is 0 Å². The Morgan fingerprint density at radius 2 is 0.895 bits per heavy atom. The maximum atomic E-state index is 14.7. The summed E-state index contributed by atoms with van der Waals surface area (Å²) in [7, 11) is 0. The molecule has 1 aliphatic heterocycles. The number of nitrogens with one attached hydrogen (secondary N) is 8. The molecule has 105 heavy (non-hydrogen) atoms. The average molecular weight is 2030 g/mol. The second-order valence-electron chi connectivity index (χ2n) is 23.7. The van der Waals surface area contributed by atoms with Crippen molar-refractivity contribution in [3.63, 3.8) is 0 Å². The minimum Gasteiger partial charge on any atom is -0.396 e. The Morgan fingerprint density at radius 3 is 1.35 bits per heavy atom. The summed E-state index contributed by atoms with van der Waals surface area (Å²) in [5.74, 6) is -8.82. The second kappa shape index (κ2) is 42.1. The summed E-state index contributed by atoms with van der Waals surface area (Å²) < 4.78 is 103. The van der Waals surface area contributed by atoms with Crippen LogP contribution < -0.4 is 42.5 Å². The van der Waals surface area contributed by atoms with E-state index in [2.05, 4.69) is 175 Å². The molecule has 9 aromatic rings. The van der Waals surface area contributed by atoms with Crippen LogP contribution >= 0.6 is 122 Å². The Morgan fingerprint density at radius 1 is 0.476 bits per heavy atom. The van der Waals surface area contributed by atoms with E-state index in [0.717, 1.165) is 73.5 Å². The van der Waals surface area contributed by atoms with Crippen molar-refractivity contribution in [2.75, 3.05) is 80.3 Å². The summed E-state index contributed by atoms with van der Waals surface area (Å²) in [6, 6.07) is 34.6. The minimum absolute atomic E-state index is 0.00443. The second-order valence-corrected chi connectivity index (χ2v) is 30.4. The third kappa shape index (κ3) is 25.4. The van der Waals surface area contributed by atoms with E-state index in [1.807, 2.05) is 94.4 Å². The van der Waals surface area contributed by atoms with Crippen molar-refractivity contribution < 1.29 is 65.2 Å². The number of halogens is 13. The standard InChI is InChI=1S/C21H17BrF2IN3O.C20H21BrF2IN3O.C17H17F2IN2O2.C17H18FIN2O3/c1-12-10-14(25)2-3-17(12)28-20-15(11-16(22)18(23)19(20)24)21(29)27-9-6-13-4-7-26-8-5-13;1-12-10-13(24)4-5-16(12)26-19-14(11-15(21)17(22)18(19)23)20(28)25-6-9-27-7-2-3-8-27;1-10-9-11(20)3-6-14(10)22-16-12(4-5-13(18)15(16)19)17(24)21-7-2-8-23;1-10-6-12(19)3-5-15(10)21-16-7-11(18)2-4-14(16)17(24)20-8-13(23)9-22/h2-5,7-8,10-11,28H,6,9H2,1H3,(H,27,29);4-5,10-11,26H,2-3,6-9H2,1H3,(H,25,28);3-6,9,22-23H,2,7-8H2,1H3,(H,21,24);2-7,13,21-23H,8-9H2,1H3,(H,20,24).